The molecule has 33 heavy (non-hydrogen) atoms. The molecule has 0 aliphatic rings. The van der Waals surface area contributed by atoms with Gasteiger partial charge in [0.2, 0.25) is 5.75 Å². The molecule has 8 heteroatoms. The Kier molecular flexibility index (Phi) is 13.6. The highest BCUT2D eigenvalue weighted by molar-refractivity contribution is 14.0. The van der Waals surface area contributed by atoms with E-state index in [4.69, 9.17) is 19.2 Å². The lowest BCUT2D eigenvalue weighted by molar-refractivity contribution is 0.238. The van der Waals surface area contributed by atoms with Crippen molar-refractivity contribution in [2.45, 2.75) is 39.4 Å². The quantitative estimate of drug-likeness (QED) is 0.226. The summed E-state index contributed by atoms with van der Waals surface area (Å²) < 4.78 is 16.3. The number of nitrogens with one attached hydrogen (secondary N) is 2. The molecule has 0 aliphatic heterocycles. The van der Waals surface area contributed by atoms with Crippen LogP contribution in [0.25, 0.3) is 0 Å². The van der Waals surface area contributed by atoms with Crippen LogP contribution in [-0.4, -0.2) is 58.4 Å². The van der Waals surface area contributed by atoms with Crippen molar-refractivity contribution in [1.82, 2.24) is 15.5 Å². The van der Waals surface area contributed by atoms with Gasteiger partial charge in [-0.15, -0.1) is 24.0 Å². The first-order valence-corrected chi connectivity index (χ1v) is 11.1. The highest BCUT2D eigenvalue weighted by Crippen LogP contribution is 2.38. The third-order valence-corrected chi connectivity index (χ3v) is 5.37. The van der Waals surface area contributed by atoms with E-state index in [1.807, 2.05) is 12.1 Å². The van der Waals surface area contributed by atoms with Crippen molar-refractivity contribution in [1.29, 1.82) is 0 Å². The fourth-order valence-electron chi connectivity index (χ4n) is 3.39. The van der Waals surface area contributed by atoms with E-state index < -0.39 is 0 Å². The summed E-state index contributed by atoms with van der Waals surface area (Å²) in [5.41, 5.74) is 2.31. The van der Waals surface area contributed by atoms with Crippen LogP contribution in [0.2, 0.25) is 0 Å². The number of halogens is 1. The van der Waals surface area contributed by atoms with Gasteiger partial charge < -0.3 is 24.8 Å². The van der Waals surface area contributed by atoms with E-state index >= 15 is 0 Å². The number of rotatable bonds is 12. The summed E-state index contributed by atoms with van der Waals surface area (Å²) in [6.45, 7) is 7.39. The average Bonchev–Trinajstić information content (AvgIpc) is 2.82. The lowest BCUT2D eigenvalue weighted by Crippen LogP contribution is -2.40. The van der Waals surface area contributed by atoms with Crippen molar-refractivity contribution in [3.05, 3.63) is 53.6 Å². The summed E-state index contributed by atoms with van der Waals surface area (Å²) >= 11 is 0. The van der Waals surface area contributed by atoms with Gasteiger partial charge in [-0.1, -0.05) is 30.3 Å². The van der Waals surface area contributed by atoms with E-state index in [9.17, 15) is 0 Å². The molecule has 0 aliphatic carbocycles. The Balaban J connectivity index is 0.00000544. The Morgan fingerprint density at radius 3 is 2.15 bits per heavy atom. The van der Waals surface area contributed by atoms with Gasteiger partial charge in [-0.25, -0.2) is 4.99 Å². The van der Waals surface area contributed by atoms with Crippen molar-refractivity contribution in [2.75, 3.05) is 41.5 Å². The second kappa shape index (κ2) is 15.6. The molecule has 0 amide bonds. The topological polar surface area (TPSA) is 67.4 Å². The first-order valence-electron chi connectivity index (χ1n) is 11.1. The van der Waals surface area contributed by atoms with Gasteiger partial charge >= 0.3 is 0 Å². The van der Waals surface area contributed by atoms with E-state index in [-0.39, 0.29) is 24.0 Å². The average molecular weight is 571 g/mol. The predicted octanol–water partition coefficient (Wildman–Crippen LogP) is 4.30. The molecular formula is C25H39IN4O3. The summed E-state index contributed by atoms with van der Waals surface area (Å²) in [7, 11) is 7.00. The largest absolute Gasteiger partial charge is 0.493 e. The van der Waals surface area contributed by atoms with E-state index in [0.29, 0.717) is 29.8 Å². The van der Waals surface area contributed by atoms with Crippen LogP contribution < -0.4 is 24.8 Å². The normalized spacial score (nSPS) is 12.0. The molecule has 0 heterocycles. The Labute approximate surface area is 215 Å². The first-order chi connectivity index (χ1) is 15.5. The van der Waals surface area contributed by atoms with Crippen molar-refractivity contribution < 1.29 is 14.2 Å². The molecule has 0 saturated heterocycles. The highest BCUT2D eigenvalue weighted by atomic mass is 127. The molecule has 2 aromatic rings. The van der Waals surface area contributed by atoms with Gasteiger partial charge in [0.05, 0.1) is 27.9 Å². The SMILES string of the molecule is CCNC(=NCc1cc(OC)c(OC)c(OC)c1)NCCC(C)N(C)Cc1ccccc1.I. The molecule has 0 fully saturated rings. The molecule has 0 spiro atoms. The molecule has 2 aromatic carbocycles. The van der Waals surface area contributed by atoms with E-state index in [1.54, 1.807) is 21.3 Å². The van der Waals surface area contributed by atoms with Gasteiger partial charge in [-0.2, -0.15) is 0 Å². The lowest BCUT2D eigenvalue weighted by atomic mass is 10.1. The highest BCUT2D eigenvalue weighted by Gasteiger charge is 2.13. The Hall–Kier alpha value is -2.20. The van der Waals surface area contributed by atoms with Crippen molar-refractivity contribution in [3.63, 3.8) is 0 Å². The molecule has 2 N–H and O–H groups in total. The summed E-state index contributed by atoms with van der Waals surface area (Å²) in [5, 5.41) is 6.76. The number of ether oxygens (including phenoxy) is 3. The summed E-state index contributed by atoms with van der Waals surface area (Å²) in [5.74, 6) is 2.64. The zero-order chi connectivity index (χ0) is 23.3. The zero-order valence-corrected chi connectivity index (χ0v) is 23.0. The first kappa shape index (κ1) is 28.8. The minimum atomic E-state index is 0. The van der Waals surface area contributed by atoms with Crippen LogP contribution in [0.3, 0.4) is 0 Å². The van der Waals surface area contributed by atoms with Crippen LogP contribution in [0.15, 0.2) is 47.5 Å². The van der Waals surface area contributed by atoms with Gasteiger partial charge in [0.25, 0.3) is 0 Å². The Morgan fingerprint density at radius 2 is 1.61 bits per heavy atom. The number of nitrogens with zero attached hydrogens (tertiary/aromatic N) is 2. The molecule has 1 unspecified atom stereocenters. The van der Waals surface area contributed by atoms with Crippen LogP contribution >= 0.6 is 24.0 Å². The van der Waals surface area contributed by atoms with Crippen molar-refractivity contribution in [2.24, 2.45) is 4.99 Å². The molecule has 1 atom stereocenters. The fraction of sp³-hybridized carbons (Fsp3) is 0.480. The number of aliphatic imine (C=N–C) groups is 1. The fourth-order valence-corrected chi connectivity index (χ4v) is 3.39. The van der Waals surface area contributed by atoms with Gasteiger partial charge in [0.15, 0.2) is 17.5 Å². The predicted molar refractivity (Wildman–Crippen MR) is 146 cm³/mol. The van der Waals surface area contributed by atoms with Gasteiger partial charge in [-0.3, -0.25) is 4.90 Å². The van der Waals surface area contributed by atoms with Gasteiger partial charge in [-0.05, 0) is 50.6 Å². The molecule has 184 valence electrons. The summed E-state index contributed by atoms with van der Waals surface area (Å²) in [4.78, 5) is 7.10. The van der Waals surface area contributed by atoms with Gasteiger partial charge in [0, 0.05) is 25.7 Å². The van der Waals surface area contributed by atoms with Crippen LogP contribution in [-0.2, 0) is 13.1 Å². The minimum absolute atomic E-state index is 0. The molecule has 0 radical (unpaired) electrons. The molecule has 0 saturated carbocycles. The summed E-state index contributed by atoms with van der Waals surface area (Å²) in [6, 6.07) is 14.9. The number of methoxy groups -OCH3 is 3. The maximum atomic E-state index is 5.44. The maximum Gasteiger partial charge on any atom is 0.203 e. The lowest BCUT2D eigenvalue weighted by Gasteiger charge is -2.25. The second-order valence-corrected chi connectivity index (χ2v) is 7.69. The zero-order valence-electron chi connectivity index (χ0n) is 20.7. The monoisotopic (exact) mass is 570 g/mol. The molecule has 0 aromatic heterocycles. The molecule has 7 nitrogen and oxygen atoms in total. The van der Waals surface area contributed by atoms with Crippen molar-refractivity contribution in [3.8, 4) is 17.2 Å². The molecule has 2 rings (SSSR count). The van der Waals surface area contributed by atoms with E-state index in [2.05, 4.69) is 66.8 Å². The maximum absolute atomic E-state index is 5.44. The third-order valence-electron chi connectivity index (χ3n) is 5.37. The van der Waals surface area contributed by atoms with Crippen LogP contribution in [0, 0.1) is 0 Å². The van der Waals surface area contributed by atoms with Crippen LogP contribution in [0.4, 0.5) is 0 Å². The smallest absolute Gasteiger partial charge is 0.203 e. The second-order valence-electron chi connectivity index (χ2n) is 7.69. The van der Waals surface area contributed by atoms with Crippen LogP contribution in [0.1, 0.15) is 31.4 Å². The number of hydrogen-bond acceptors (Lipinski definition) is 5. The van der Waals surface area contributed by atoms with Crippen LogP contribution in [0.5, 0.6) is 17.2 Å². The standard InChI is InChI=1S/C25H38N4O3.HI/c1-7-26-25(27-14-13-19(2)29(3)18-20-11-9-8-10-12-20)28-17-21-15-22(30-4)24(32-6)23(16-21)31-5;/h8-12,15-16,19H,7,13-14,17-18H2,1-6H3,(H2,26,27,28);1H. The third kappa shape index (κ3) is 9.29. The summed E-state index contributed by atoms with van der Waals surface area (Å²) in [6.07, 6.45) is 1.01. The number of hydrogen-bond donors (Lipinski definition) is 2. The number of benzene rings is 2. The Morgan fingerprint density at radius 1 is 0.970 bits per heavy atom. The van der Waals surface area contributed by atoms with Crippen molar-refractivity contribution >= 4 is 29.9 Å². The van der Waals surface area contributed by atoms with E-state index in [0.717, 1.165) is 37.6 Å². The van der Waals surface area contributed by atoms with E-state index in [1.165, 1.54) is 5.56 Å². The number of guanidine groups is 1. The van der Waals surface area contributed by atoms with Gasteiger partial charge in [0.1, 0.15) is 0 Å². The minimum Gasteiger partial charge on any atom is -0.493 e. The molecule has 0 bridgehead atoms. The Bertz CT molecular complexity index is 824. The molecular weight excluding hydrogens is 531 g/mol.